The van der Waals surface area contributed by atoms with E-state index in [0.717, 1.165) is 28.8 Å². The molecule has 1 aliphatic rings. The summed E-state index contributed by atoms with van der Waals surface area (Å²) in [6.07, 6.45) is 5.52. The van der Waals surface area contributed by atoms with Crippen LogP contribution in [0, 0.1) is 0 Å². The summed E-state index contributed by atoms with van der Waals surface area (Å²) in [4.78, 5) is 39.4. The van der Waals surface area contributed by atoms with Crippen molar-refractivity contribution in [3.05, 3.63) is 95.1 Å². The fraction of sp³-hybridized carbons (Fsp3) is 0.395. The third-order valence-electron chi connectivity index (χ3n) is 7.67. The van der Waals surface area contributed by atoms with Gasteiger partial charge in [0.1, 0.15) is 0 Å². The van der Waals surface area contributed by atoms with Gasteiger partial charge in [0.15, 0.2) is 0 Å². The third kappa shape index (κ3) is 11.0. The summed E-state index contributed by atoms with van der Waals surface area (Å²) >= 11 is 0. The molecular weight excluding hydrogens is 562 g/mol. The number of carbonyl (C=O) groups is 3. The minimum atomic E-state index is -0.422. The van der Waals surface area contributed by atoms with Crippen LogP contribution in [0.3, 0.4) is 0 Å². The van der Waals surface area contributed by atoms with Gasteiger partial charge >= 0.3 is 5.97 Å². The smallest absolute Gasteiger partial charge is 0.337 e. The zero-order valence-corrected chi connectivity index (χ0v) is 28.4. The number of methoxy groups -OCH3 is 1. The molecule has 0 bridgehead atoms. The molecule has 7 nitrogen and oxygen atoms in total. The van der Waals surface area contributed by atoms with Gasteiger partial charge < -0.3 is 19.9 Å². The number of amides is 2. The number of unbranched alkanes of at least 4 members (excludes halogenated alkanes) is 1. The molecule has 0 saturated carbocycles. The Bertz CT molecular complexity index is 1410. The number of nitrogens with one attached hydrogen (secondary N) is 1. The highest BCUT2D eigenvalue weighted by atomic mass is 16.5. The van der Waals surface area contributed by atoms with Gasteiger partial charge in [-0.2, -0.15) is 0 Å². The SMILES string of the molecule is CCC(=O)N(C)c1ccc(CC)cc1.CCCCN(C)CCC.COC(=O)c1ccc2c(c1)NC(=O)/C2=C(\C)c1ccccc1. The molecule has 7 heteroatoms. The Morgan fingerprint density at radius 3 is 2.04 bits per heavy atom. The molecule has 1 heterocycles. The molecule has 0 radical (unpaired) electrons. The number of aryl methyl sites for hydroxylation is 1. The number of anilines is 2. The Morgan fingerprint density at radius 1 is 0.822 bits per heavy atom. The van der Waals surface area contributed by atoms with Crippen molar-refractivity contribution in [2.24, 2.45) is 0 Å². The molecule has 3 aromatic carbocycles. The molecule has 0 fully saturated rings. The number of benzene rings is 3. The molecule has 0 aliphatic carbocycles. The number of ether oxygens (including phenoxy) is 1. The molecule has 2 amide bonds. The zero-order chi connectivity index (χ0) is 33.4. The van der Waals surface area contributed by atoms with Gasteiger partial charge in [0, 0.05) is 30.4 Å². The van der Waals surface area contributed by atoms with Crippen LogP contribution in [0.2, 0.25) is 0 Å². The largest absolute Gasteiger partial charge is 0.465 e. The third-order valence-corrected chi connectivity index (χ3v) is 7.67. The van der Waals surface area contributed by atoms with Crippen molar-refractivity contribution in [3.63, 3.8) is 0 Å². The normalized spacial score (nSPS) is 12.6. The minimum Gasteiger partial charge on any atom is -0.465 e. The van der Waals surface area contributed by atoms with Crippen LogP contribution in [0.5, 0.6) is 0 Å². The second kappa shape index (κ2) is 19.2. The average Bonchev–Trinajstić information content (AvgIpc) is 3.41. The fourth-order valence-corrected chi connectivity index (χ4v) is 4.88. The summed E-state index contributed by atoms with van der Waals surface area (Å²) in [5, 5.41) is 2.81. The van der Waals surface area contributed by atoms with E-state index in [1.54, 1.807) is 23.1 Å². The zero-order valence-electron chi connectivity index (χ0n) is 28.4. The summed E-state index contributed by atoms with van der Waals surface area (Å²) in [7, 11) is 5.34. The molecular formula is C38H51N3O4. The maximum atomic E-state index is 12.3. The number of hydrogen-bond donors (Lipinski definition) is 1. The quantitative estimate of drug-likeness (QED) is 0.185. The van der Waals surface area contributed by atoms with E-state index in [1.165, 1.54) is 45.0 Å². The molecule has 45 heavy (non-hydrogen) atoms. The Balaban J connectivity index is 0.000000263. The molecule has 242 valence electrons. The van der Waals surface area contributed by atoms with E-state index < -0.39 is 5.97 Å². The summed E-state index contributed by atoms with van der Waals surface area (Å²) in [6.45, 7) is 12.9. The standard InChI is InChI=1S/C18H15NO3.C12H17NO.C8H19N/c1-11(12-6-4-3-5-7-12)16-14-9-8-13(18(21)22-2)10-15(14)19-17(16)20;1-4-10-6-8-11(9-7-10)13(3)12(14)5-2;1-4-6-8-9(3)7-5-2/h3-10H,1-2H3,(H,19,20);6-9H,4-5H2,1-3H3;4-8H2,1-3H3/b16-11+;;. The van der Waals surface area contributed by atoms with Gasteiger partial charge in [-0.3, -0.25) is 9.59 Å². The van der Waals surface area contributed by atoms with Crippen LogP contribution in [-0.4, -0.2) is 57.0 Å². The maximum Gasteiger partial charge on any atom is 0.337 e. The van der Waals surface area contributed by atoms with E-state index in [1.807, 2.05) is 63.4 Å². The molecule has 0 atom stereocenters. The van der Waals surface area contributed by atoms with Crippen molar-refractivity contribution < 1.29 is 19.1 Å². The van der Waals surface area contributed by atoms with E-state index in [4.69, 9.17) is 4.74 Å². The summed E-state index contributed by atoms with van der Waals surface area (Å²) in [5.41, 5.74) is 6.66. The van der Waals surface area contributed by atoms with Gasteiger partial charge in [0.05, 0.1) is 18.2 Å². The highest BCUT2D eigenvalue weighted by Gasteiger charge is 2.27. The number of fused-ring (bicyclic) bond motifs is 1. The number of carbonyl (C=O) groups excluding carboxylic acids is 3. The molecule has 0 spiro atoms. The Kier molecular flexibility index (Phi) is 15.8. The first kappa shape index (κ1) is 37.0. The second-order valence-electron chi connectivity index (χ2n) is 11.1. The first-order valence-electron chi connectivity index (χ1n) is 16.0. The van der Waals surface area contributed by atoms with Crippen LogP contribution in [0.25, 0.3) is 11.1 Å². The molecule has 0 unspecified atom stereocenters. The van der Waals surface area contributed by atoms with Crippen molar-refractivity contribution in [1.82, 2.24) is 4.90 Å². The van der Waals surface area contributed by atoms with Gasteiger partial charge in [-0.05, 0) is 87.3 Å². The summed E-state index contributed by atoms with van der Waals surface area (Å²) in [5.74, 6) is -0.429. The van der Waals surface area contributed by atoms with E-state index in [-0.39, 0.29) is 11.8 Å². The van der Waals surface area contributed by atoms with E-state index in [2.05, 4.69) is 50.2 Å². The van der Waals surface area contributed by atoms with Crippen molar-refractivity contribution in [3.8, 4) is 0 Å². The van der Waals surface area contributed by atoms with E-state index >= 15 is 0 Å². The number of hydrogen-bond acceptors (Lipinski definition) is 5. The number of nitrogens with zero attached hydrogens (tertiary/aromatic N) is 2. The first-order chi connectivity index (χ1) is 21.6. The van der Waals surface area contributed by atoms with Crippen LogP contribution < -0.4 is 10.2 Å². The Morgan fingerprint density at radius 2 is 1.49 bits per heavy atom. The molecule has 4 rings (SSSR count). The maximum absolute atomic E-state index is 12.3. The van der Waals surface area contributed by atoms with Crippen LogP contribution in [0.1, 0.15) is 87.4 Å². The van der Waals surface area contributed by atoms with Gasteiger partial charge in [0.2, 0.25) is 5.91 Å². The summed E-state index contributed by atoms with van der Waals surface area (Å²) in [6, 6.07) is 23.0. The van der Waals surface area contributed by atoms with Crippen molar-refractivity contribution >= 4 is 40.3 Å². The minimum absolute atomic E-state index is 0.147. The molecule has 1 aliphatic heterocycles. The number of allylic oxidation sites excluding steroid dienone is 1. The Hall–Kier alpha value is -4.23. The molecule has 3 aromatic rings. The number of esters is 1. The van der Waals surface area contributed by atoms with Crippen LogP contribution in [-0.2, 0) is 20.7 Å². The van der Waals surface area contributed by atoms with E-state index in [0.29, 0.717) is 23.2 Å². The molecule has 0 aromatic heterocycles. The van der Waals surface area contributed by atoms with Gasteiger partial charge in [-0.25, -0.2) is 4.79 Å². The lowest BCUT2D eigenvalue weighted by Crippen LogP contribution is -2.24. The highest BCUT2D eigenvalue weighted by molar-refractivity contribution is 6.36. The van der Waals surface area contributed by atoms with Crippen LogP contribution in [0.15, 0.2) is 72.8 Å². The van der Waals surface area contributed by atoms with Crippen molar-refractivity contribution in [2.75, 3.05) is 44.5 Å². The highest BCUT2D eigenvalue weighted by Crippen LogP contribution is 2.37. The van der Waals surface area contributed by atoms with Crippen LogP contribution >= 0.6 is 0 Å². The topological polar surface area (TPSA) is 79.0 Å². The average molecular weight is 614 g/mol. The summed E-state index contributed by atoms with van der Waals surface area (Å²) < 4.78 is 4.70. The monoisotopic (exact) mass is 613 g/mol. The fourth-order valence-electron chi connectivity index (χ4n) is 4.88. The second-order valence-corrected chi connectivity index (χ2v) is 11.1. The van der Waals surface area contributed by atoms with Crippen LogP contribution in [0.4, 0.5) is 11.4 Å². The lowest BCUT2D eigenvalue weighted by molar-refractivity contribution is -0.118. The van der Waals surface area contributed by atoms with Gasteiger partial charge in [-0.15, -0.1) is 0 Å². The predicted molar refractivity (Wildman–Crippen MR) is 188 cm³/mol. The lowest BCUT2D eigenvalue weighted by Gasteiger charge is -2.16. The van der Waals surface area contributed by atoms with E-state index in [9.17, 15) is 14.4 Å². The Labute approximate surface area is 270 Å². The van der Waals surface area contributed by atoms with Crippen molar-refractivity contribution in [2.45, 2.75) is 66.7 Å². The first-order valence-corrected chi connectivity index (χ1v) is 16.0. The molecule has 0 saturated heterocycles. The van der Waals surface area contributed by atoms with Gasteiger partial charge in [0.25, 0.3) is 5.91 Å². The predicted octanol–water partition coefficient (Wildman–Crippen LogP) is 8.11. The lowest BCUT2D eigenvalue weighted by atomic mass is 9.96. The van der Waals surface area contributed by atoms with Gasteiger partial charge in [-0.1, -0.05) is 82.6 Å². The van der Waals surface area contributed by atoms with Crippen molar-refractivity contribution in [1.29, 1.82) is 0 Å². The number of rotatable bonds is 10. The molecule has 1 N–H and O–H groups in total.